The van der Waals surface area contributed by atoms with E-state index in [2.05, 4.69) is 52.8 Å². The van der Waals surface area contributed by atoms with Gasteiger partial charge in [0.15, 0.2) is 0 Å². The number of benzene rings is 1. The summed E-state index contributed by atoms with van der Waals surface area (Å²) < 4.78 is 1.51. The average Bonchev–Trinajstić information content (AvgIpc) is 2.83. The van der Waals surface area contributed by atoms with E-state index in [1.165, 1.54) is 8.77 Å². The SMILES string of the molecule is C[C](C)=[Zr].Cc1cc(O)cc(C(C)(C)C)c1.[C-]1=CC=CC1.[Cl-].[Cl-]. The molecule has 1 aliphatic rings. The molecular formula is C19H27Cl2OZr-3. The summed E-state index contributed by atoms with van der Waals surface area (Å²) in [6.07, 6.45) is 10.0. The fourth-order valence-corrected chi connectivity index (χ4v) is 1.54. The number of hydrogen-bond donors (Lipinski definition) is 1. The molecule has 0 heterocycles. The van der Waals surface area contributed by atoms with E-state index < -0.39 is 0 Å². The van der Waals surface area contributed by atoms with Gasteiger partial charge < -0.3 is 29.9 Å². The molecule has 23 heavy (non-hydrogen) atoms. The molecule has 1 aromatic carbocycles. The molecule has 0 spiro atoms. The van der Waals surface area contributed by atoms with E-state index in [0.717, 1.165) is 12.0 Å². The Hall–Kier alpha value is -0.167. The van der Waals surface area contributed by atoms with E-state index in [1.54, 1.807) is 30.3 Å². The first-order chi connectivity index (χ1) is 9.62. The maximum atomic E-state index is 9.36. The van der Waals surface area contributed by atoms with Gasteiger partial charge in [-0.1, -0.05) is 26.8 Å². The van der Waals surface area contributed by atoms with Crippen molar-refractivity contribution in [2.75, 3.05) is 0 Å². The molecule has 2 rings (SSSR count). The fraction of sp³-hybridized carbons (Fsp3) is 0.421. The van der Waals surface area contributed by atoms with Crippen LogP contribution in [0.2, 0.25) is 0 Å². The molecular weight excluding hydrogens is 406 g/mol. The van der Waals surface area contributed by atoms with Crippen molar-refractivity contribution < 1.29 is 54.2 Å². The maximum absolute atomic E-state index is 9.36. The van der Waals surface area contributed by atoms with Crippen LogP contribution in [0.25, 0.3) is 0 Å². The van der Waals surface area contributed by atoms with Crippen LogP contribution in [0.5, 0.6) is 5.75 Å². The summed E-state index contributed by atoms with van der Waals surface area (Å²) in [6, 6.07) is 5.71. The first kappa shape index (κ1) is 27.7. The van der Waals surface area contributed by atoms with Gasteiger partial charge in [-0.25, -0.2) is 12.2 Å². The molecule has 4 heteroatoms. The Labute approximate surface area is 169 Å². The third-order valence-electron chi connectivity index (χ3n) is 2.51. The van der Waals surface area contributed by atoms with Crippen molar-refractivity contribution in [2.45, 2.75) is 53.4 Å². The summed E-state index contributed by atoms with van der Waals surface area (Å²) >= 11 is 1.55. The van der Waals surface area contributed by atoms with Crippen molar-refractivity contribution in [1.82, 2.24) is 0 Å². The number of phenolic OH excluding ortho intramolecular Hbond substituents is 1. The number of halogens is 2. The Morgan fingerprint density at radius 2 is 1.65 bits per heavy atom. The average molecular weight is 434 g/mol. The molecule has 0 unspecified atom stereocenters. The predicted octanol–water partition coefficient (Wildman–Crippen LogP) is -0.943. The second-order valence-electron chi connectivity index (χ2n) is 6.31. The molecule has 0 aliphatic heterocycles. The number of rotatable bonds is 0. The second-order valence-corrected chi connectivity index (χ2v) is 8.77. The molecule has 0 aromatic heterocycles. The van der Waals surface area contributed by atoms with Crippen LogP contribution in [0.3, 0.4) is 0 Å². The first-order valence-corrected chi connectivity index (χ1v) is 8.40. The van der Waals surface area contributed by atoms with Gasteiger partial charge in [-0.05, 0) is 35.6 Å². The third kappa shape index (κ3) is 16.5. The van der Waals surface area contributed by atoms with Crippen molar-refractivity contribution in [3.8, 4) is 5.75 Å². The molecule has 0 bridgehead atoms. The molecule has 0 amide bonds. The van der Waals surface area contributed by atoms with Crippen molar-refractivity contribution in [2.24, 2.45) is 0 Å². The van der Waals surface area contributed by atoms with Gasteiger partial charge >= 0.3 is 41.3 Å². The number of aromatic hydroxyl groups is 1. The van der Waals surface area contributed by atoms with E-state index >= 15 is 0 Å². The number of hydrogen-bond acceptors (Lipinski definition) is 1. The zero-order valence-corrected chi connectivity index (χ0v) is 18.8. The van der Waals surface area contributed by atoms with Crippen LogP contribution in [0, 0.1) is 13.0 Å². The van der Waals surface area contributed by atoms with Gasteiger partial charge in [0.1, 0.15) is 5.75 Å². The van der Waals surface area contributed by atoms with Crippen molar-refractivity contribution >= 4 is 3.21 Å². The fourth-order valence-electron chi connectivity index (χ4n) is 1.54. The molecule has 0 atom stereocenters. The normalized spacial score (nSPS) is 11.0. The van der Waals surface area contributed by atoms with Crippen LogP contribution in [-0.2, 0) is 29.7 Å². The van der Waals surface area contributed by atoms with Gasteiger partial charge in [0.2, 0.25) is 0 Å². The Balaban J connectivity index is -0.000000305. The molecule has 1 aliphatic carbocycles. The van der Waals surface area contributed by atoms with Crippen LogP contribution in [0.4, 0.5) is 0 Å². The molecule has 0 saturated carbocycles. The minimum absolute atomic E-state index is 0. The molecule has 0 saturated heterocycles. The summed E-state index contributed by atoms with van der Waals surface area (Å²) in [5.74, 6) is 0.361. The van der Waals surface area contributed by atoms with E-state index in [9.17, 15) is 5.11 Å². The largest absolute Gasteiger partial charge is 1.00 e. The van der Waals surface area contributed by atoms with E-state index in [4.69, 9.17) is 0 Å². The molecule has 1 nitrogen and oxygen atoms in total. The van der Waals surface area contributed by atoms with Gasteiger partial charge in [0.05, 0.1) is 0 Å². The third-order valence-corrected chi connectivity index (χ3v) is 2.51. The molecule has 0 radical (unpaired) electrons. The van der Waals surface area contributed by atoms with Gasteiger partial charge in [-0.3, -0.25) is 6.08 Å². The van der Waals surface area contributed by atoms with Crippen molar-refractivity contribution in [3.63, 3.8) is 0 Å². The summed E-state index contributed by atoms with van der Waals surface area (Å²) in [5, 5.41) is 9.36. The van der Waals surface area contributed by atoms with Gasteiger partial charge in [0, 0.05) is 0 Å². The van der Waals surface area contributed by atoms with E-state index in [1.807, 2.05) is 25.1 Å². The van der Waals surface area contributed by atoms with Crippen LogP contribution >= 0.6 is 0 Å². The Kier molecular flexibility index (Phi) is 17.1. The smallest absolute Gasteiger partial charge is 0.116 e. The standard InChI is InChI=1S/C11H16O.C5H5.C3H6.2ClH.Zr/c1-8-5-9(11(2,3)4)7-10(12)6-8;1-2-4-5-3-1;1-3-2;;;/h5-7,12H,1-4H3;1-3H,4H2;1-2H3;2*1H;/q;-1;;;;/p-2. The van der Waals surface area contributed by atoms with Gasteiger partial charge in [-0.15, -0.1) is 6.42 Å². The van der Waals surface area contributed by atoms with Crippen molar-refractivity contribution in [1.29, 1.82) is 0 Å². The minimum Gasteiger partial charge on any atom is -1.00 e. The number of allylic oxidation sites excluding steroid dienone is 4. The molecule has 1 N–H and O–H groups in total. The monoisotopic (exact) mass is 431 g/mol. The Morgan fingerprint density at radius 1 is 1.13 bits per heavy atom. The number of aryl methyl sites for hydroxylation is 1. The minimum atomic E-state index is 0. The first-order valence-electron chi connectivity index (χ1n) is 7.17. The summed E-state index contributed by atoms with van der Waals surface area (Å²) in [4.78, 5) is 0. The summed E-state index contributed by atoms with van der Waals surface area (Å²) in [7, 11) is 0. The number of phenols is 1. The molecule has 1 aromatic rings. The molecule has 0 fully saturated rings. The predicted molar refractivity (Wildman–Crippen MR) is 89.5 cm³/mol. The van der Waals surface area contributed by atoms with Crippen LogP contribution in [0.1, 0.15) is 52.2 Å². The Morgan fingerprint density at radius 3 is 1.91 bits per heavy atom. The van der Waals surface area contributed by atoms with Crippen molar-refractivity contribution in [3.05, 3.63) is 53.6 Å². The summed E-state index contributed by atoms with van der Waals surface area (Å²) in [5.41, 5.74) is 2.41. The van der Waals surface area contributed by atoms with E-state index in [-0.39, 0.29) is 30.2 Å². The summed E-state index contributed by atoms with van der Waals surface area (Å²) in [6.45, 7) is 12.7. The van der Waals surface area contributed by atoms with Crippen LogP contribution in [0.15, 0.2) is 36.4 Å². The van der Waals surface area contributed by atoms with E-state index in [0.29, 0.717) is 5.75 Å². The zero-order chi connectivity index (χ0) is 16.5. The quantitative estimate of drug-likeness (QED) is 0.524. The second kappa shape index (κ2) is 14.2. The van der Waals surface area contributed by atoms with Gasteiger partial charge in [-0.2, -0.15) is 6.08 Å². The van der Waals surface area contributed by atoms with Gasteiger partial charge in [0.25, 0.3) is 0 Å². The molecule has 130 valence electrons. The topological polar surface area (TPSA) is 20.2 Å². The maximum Gasteiger partial charge on any atom is 0.116 e. The zero-order valence-electron chi connectivity index (χ0n) is 14.9. The van der Waals surface area contributed by atoms with Crippen LogP contribution < -0.4 is 24.8 Å². The Bertz CT molecular complexity index is 480. The van der Waals surface area contributed by atoms with Crippen LogP contribution in [-0.4, -0.2) is 8.31 Å².